The molecule has 0 aromatic carbocycles. The molecule has 5 heavy (non-hydrogen) atoms. The van der Waals surface area contributed by atoms with E-state index in [-0.39, 0.29) is 12.1 Å². The normalized spacial score (nSPS) is 70.2. The molecule has 2 aliphatic rings. The fraction of sp³-hybridized carbons (Fsp3) is 1.00. The van der Waals surface area contributed by atoms with E-state index in [2.05, 4.69) is 10.1 Å². The first kappa shape index (κ1) is 2.12. The molecule has 0 aliphatic carbocycles. The lowest BCUT2D eigenvalue weighted by Crippen LogP contribution is -2.20. The van der Waals surface area contributed by atoms with Gasteiger partial charge >= 0.3 is 0 Å². The number of rotatable bonds is 0. The van der Waals surface area contributed by atoms with Gasteiger partial charge < -0.3 is 4.74 Å². The largest absolute Gasteiger partial charge is 0.319 e. The molecule has 3 N–H and O–H groups in total. The van der Waals surface area contributed by atoms with E-state index >= 15 is 0 Å². The van der Waals surface area contributed by atoms with E-state index in [1.165, 1.54) is 0 Å². The van der Waals surface area contributed by atoms with Gasteiger partial charge in [0.25, 0.3) is 0 Å². The molecule has 0 radical (unpaired) electrons. The molecule has 0 amide bonds. The first-order valence-corrected chi connectivity index (χ1v) is 1.56. The van der Waals surface area contributed by atoms with Gasteiger partial charge in [0.2, 0.25) is 5.85 Å². The minimum absolute atomic E-state index is 0.225. The smallest absolute Gasteiger partial charge is 0.217 e. The van der Waals surface area contributed by atoms with Crippen molar-refractivity contribution in [3.05, 3.63) is 0 Å². The summed E-state index contributed by atoms with van der Waals surface area (Å²) in [6, 6.07) is 0. The minimum Gasteiger partial charge on any atom is -0.319 e. The molecule has 2 saturated heterocycles. The van der Waals surface area contributed by atoms with E-state index in [0.29, 0.717) is 0 Å². The van der Waals surface area contributed by atoms with Crippen LogP contribution in [0.25, 0.3) is 0 Å². The molecule has 2 heterocycles. The average Bonchev–Trinajstić information content (AvgIpc) is 1.74. The lowest BCUT2D eigenvalue weighted by Gasteiger charge is -1.83. The number of fused-ring (bicyclic) bond motifs is 1. The van der Waals surface area contributed by atoms with Crippen molar-refractivity contribution in [2.45, 2.75) is 12.1 Å². The summed E-state index contributed by atoms with van der Waals surface area (Å²) in [4.78, 5) is 0. The third kappa shape index (κ3) is 0.0972. The van der Waals surface area contributed by atoms with Gasteiger partial charge in [-0.2, -0.15) is 0 Å². The Balaban J connectivity index is 2.37. The van der Waals surface area contributed by atoms with Gasteiger partial charge in [-0.05, 0) is 0 Å². The summed E-state index contributed by atoms with van der Waals surface area (Å²) in [5.41, 5.74) is 5.21. The maximum absolute atomic E-state index is 5.21. The zero-order valence-corrected chi connectivity index (χ0v) is 2.56. The summed E-state index contributed by atoms with van der Waals surface area (Å²) < 4.78 is 4.66. The molecule has 0 unspecified atom stereocenters. The molecular weight excluding hydrogens is 68.0 g/mol. The highest BCUT2D eigenvalue weighted by atomic mass is 16.7. The summed E-state index contributed by atoms with van der Waals surface area (Å²) in [5.74, 6) is -0.333. The van der Waals surface area contributed by atoms with Crippen molar-refractivity contribution >= 4 is 0 Å². The van der Waals surface area contributed by atoms with E-state index < -0.39 is 0 Å². The Morgan fingerprint density at radius 1 is 2.00 bits per heavy atom. The van der Waals surface area contributed by atoms with Gasteiger partial charge in [0.1, 0.15) is 0 Å². The quantitative estimate of drug-likeness (QED) is 0.344. The fourth-order valence-electron chi connectivity index (χ4n) is 0.330. The van der Waals surface area contributed by atoms with Crippen molar-refractivity contribution < 1.29 is 4.74 Å². The number of nitrogens with one attached hydrogen (secondary N) is 1. The molecule has 2 atom stereocenters. The van der Waals surface area contributed by atoms with Crippen LogP contribution in [0.3, 0.4) is 0 Å². The second-order valence-corrected chi connectivity index (χ2v) is 1.44. The van der Waals surface area contributed by atoms with Gasteiger partial charge in [-0.1, -0.05) is 0 Å². The Bertz CT molecular complexity index is 75.7. The number of hydrogen-bond donors (Lipinski definition) is 2. The monoisotopic (exact) mass is 72.0 g/mol. The van der Waals surface area contributed by atoms with Crippen LogP contribution in [-0.2, 0) is 4.74 Å². The van der Waals surface area contributed by atoms with E-state index in [1.807, 2.05) is 0 Å². The topological polar surface area (TPSA) is 60.5 Å². The van der Waals surface area contributed by atoms with Gasteiger partial charge in [0, 0.05) is 0 Å². The van der Waals surface area contributed by atoms with Gasteiger partial charge in [-0.25, -0.2) is 5.32 Å². The Labute approximate surface area is 29.1 Å². The molecule has 0 saturated carbocycles. The van der Waals surface area contributed by atoms with Crippen LogP contribution in [0.4, 0.5) is 0 Å². The van der Waals surface area contributed by atoms with Crippen molar-refractivity contribution in [3.8, 4) is 0 Å². The Kier molecular flexibility index (Phi) is 0.116. The molecule has 3 nitrogen and oxygen atoms in total. The number of nitrogens with two attached hydrogens (primary N) is 1. The van der Waals surface area contributed by atoms with Crippen LogP contribution < -0.4 is 11.1 Å². The summed E-state index contributed by atoms with van der Waals surface area (Å²) in [5, 5.41) is 2.83. The summed E-state index contributed by atoms with van der Waals surface area (Å²) >= 11 is 0. The maximum Gasteiger partial charge on any atom is 0.217 e. The molecule has 3 heteroatoms. The third-order valence-corrected chi connectivity index (χ3v) is 0.918. The predicted molar refractivity (Wildman–Crippen MR) is 14.9 cm³/mol. The summed E-state index contributed by atoms with van der Waals surface area (Å²) in [6.45, 7) is 0. The Morgan fingerprint density at radius 3 is 2.20 bits per heavy atom. The van der Waals surface area contributed by atoms with Crippen LogP contribution in [0.5, 0.6) is 0 Å². The van der Waals surface area contributed by atoms with Crippen molar-refractivity contribution in [2.75, 3.05) is 0 Å². The molecule has 2 aliphatic heterocycles. The standard InChI is InChI=1S/C2H4N2O/c3-2-1(4-2)5-2/h1,4H,3H2/t1-,2-/m1/s1. The number of hydrogen-bond acceptors (Lipinski definition) is 3. The van der Waals surface area contributed by atoms with Gasteiger partial charge in [0.05, 0.1) is 0 Å². The second kappa shape index (κ2) is 0.272. The van der Waals surface area contributed by atoms with E-state index in [0.717, 1.165) is 0 Å². The van der Waals surface area contributed by atoms with Crippen molar-refractivity contribution in [1.29, 1.82) is 0 Å². The van der Waals surface area contributed by atoms with Crippen LogP contribution in [0, 0.1) is 0 Å². The van der Waals surface area contributed by atoms with Crippen LogP contribution in [0.2, 0.25) is 0 Å². The maximum atomic E-state index is 5.21. The van der Waals surface area contributed by atoms with Crippen molar-refractivity contribution in [2.24, 2.45) is 5.73 Å². The zero-order valence-electron chi connectivity index (χ0n) is 2.56. The molecule has 2 fully saturated rings. The molecule has 0 aromatic rings. The first-order valence-electron chi connectivity index (χ1n) is 1.56. The second-order valence-electron chi connectivity index (χ2n) is 1.44. The third-order valence-electron chi connectivity index (χ3n) is 0.918. The van der Waals surface area contributed by atoms with E-state index in [9.17, 15) is 0 Å². The van der Waals surface area contributed by atoms with Crippen LogP contribution in [-0.4, -0.2) is 12.1 Å². The van der Waals surface area contributed by atoms with E-state index in [4.69, 9.17) is 5.73 Å². The molecule has 0 aromatic heterocycles. The summed E-state index contributed by atoms with van der Waals surface area (Å²) in [7, 11) is 0. The fourth-order valence-corrected chi connectivity index (χ4v) is 0.330. The average molecular weight is 72.1 g/mol. The van der Waals surface area contributed by atoms with Gasteiger partial charge in [-0.3, -0.25) is 5.73 Å². The van der Waals surface area contributed by atoms with E-state index in [1.54, 1.807) is 0 Å². The Hall–Kier alpha value is -0.120. The van der Waals surface area contributed by atoms with Gasteiger partial charge in [-0.15, -0.1) is 0 Å². The molecular formula is C2H4N2O. The lowest BCUT2D eigenvalue weighted by molar-refractivity contribution is 0.194. The zero-order chi connectivity index (χ0) is 3.49. The number of ether oxygens (including phenoxy) is 1. The highest BCUT2D eigenvalue weighted by Gasteiger charge is 2.71. The van der Waals surface area contributed by atoms with Crippen LogP contribution >= 0.6 is 0 Å². The molecule has 2 rings (SSSR count). The number of epoxide rings is 1. The minimum atomic E-state index is -0.333. The Morgan fingerprint density at radius 2 is 2.20 bits per heavy atom. The van der Waals surface area contributed by atoms with Crippen molar-refractivity contribution in [3.63, 3.8) is 0 Å². The molecule has 0 spiro atoms. The SMILES string of the molecule is N[C@@]12N[C@@H]1O2. The first-order chi connectivity index (χ1) is 2.31. The summed E-state index contributed by atoms with van der Waals surface area (Å²) in [6.07, 6.45) is 0.225. The lowest BCUT2D eigenvalue weighted by atomic mass is 10.8. The van der Waals surface area contributed by atoms with Crippen molar-refractivity contribution in [1.82, 2.24) is 5.32 Å². The predicted octanol–water partition coefficient (Wildman–Crippen LogP) is -1.44. The molecule has 28 valence electrons. The molecule has 0 bridgehead atoms. The highest BCUT2D eigenvalue weighted by Crippen LogP contribution is 2.40. The van der Waals surface area contributed by atoms with Crippen LogP contribution in [0.1, 0.15) is 0 Å². The highest BCUT2D eigenvalue weighted by molar-refractivity contribution is 5.10. The van der Waals surface area contributed by atoms with Gasteiger partial charge in [0.15, 0.2) is 6.23 Å². The van der Waals surface area contributed by atoms with Crippen LogP contribution in [0.15, 0.2) is 0 Å².